The maximum absolute atomic E-state index is 13.1. The monoisotopic (exact) mass is 342 g/mol. The van der Waals surface area contributed by atoms with E-state index < -0.39 is 0 Å². The van der Waals surface area contributed by atoms with Crippen LogP contribution in [0.4, 0.5) is 0 Å². The van der Waals surface area contributed by atoms with Crippen LogP contribution in [-0.2, 0) is 0 Å². The number of likely N-dealkylation sites (tertiary alicyclic amines) is 1. The first-order chi connectivity index (χ1) is 12.2. The van der Waals surface area contributed by atoms with Crippen LogP contribution in [0.2, 0.25) is 0 Å². The standard InChI is InChI=1S/C19H26N4O2/c1-2-12-25-17-14-23(15-8-4-3-5-9-15)21-18(17)19(24)22-11-7-6-10-16(22)13-20/h3-5,8-9,14,16H,2,6-7,10-13,20H2,1H3. The van der Waals surface area contributed by atoms with E-state index in [0.29, 0.717) is 24.6 Å². The van der Waals surface area contributed by atoms with Crippen molar-refractivity contribution in [2.24, 2.45) is 5.73 Å². The molecule has 1 unspecified atom stereocenters. The van der Waals surface area contributed by atoms with Gasteiger partial charge in [-0.1, -0.05) is 25.1 Å². The molecular formula is C19H26N4O2. The fourth-order valence-electron chi connectivity index (χ4n) is 3.19. The van der Waals surface area contributed by atoms with E-state index in [4.69, 9.17) is 10.5 Å². The summed E-state index contributed by atoms with van der Waals surface area (Å²) in [6.07, 6.45) is 5.74. The van der Waals surface area contributed by atoms with Gasteiger partial charge in [0.2, 0.25) is 0 Å². The van der Waals surface area contributed by atoms with Crippen LogP contribution in [0, 0.1) is 0 Å². The molecule has 134 valence electrons. The number of hydrogen-bond donors (Lipinski definition) is 1. The highest BCUT2D eigenvalue weighted by atomic mass is 16.5. The van der Waals surface area contributed by atoms with Crippen LogP contribution in [0.1, 0.15) is 43.1 Å². The summed E-state index contributed by atoms with van der Waals surface area (Å²) in [6, 6.07) is 9.83. The van der Waals surface area contributed by atoms with Crippen molar-refractivity contribution in [2.45, 2.75) is 38.6 Å². The van der Waals surface area contributed by atoms with Gasteiger partial charge in [-0.25, -0.2) is 4.68 Å². The van der Waals surface area contributed by atoms with E-state index in [-0.39, 0.29) is 11.9 Å². The molecule has 2 aromatic rings. The normalized spacial score (nSPS) is 17.5. The molecule has 1 aliphatic rings. The second-order valence-electron chi connectivity index (χ2n) is 6.35. The number of piperidine rings is 1. The lowest BCUT2D eigenvalue weighted by Gasteiger charge is -2.34. The molecule has 1 saturated heterocycles. The number of hydrogen-bond acceptors (Lipinski definition) is 4. The lowest BCUT2D eigenvalue weighted by molar-refractivity contribution is 0.0612. The third-order valence-corrected chi connectivity index (χ3v) is 4.53. The van der Waals surface area contributed by atoms with E-state index >= 15 is 0 Å². The number of rotatable bonds is 6. The van der Waals surface area contributed by atoms with E-state index in [2.05, 4.69) is 5.10 Å². The minimum absolute atomic E-state index is 0.0853. The predicted octanol–water partition coefficient (Wildman–Crippen LogP) is 2.61. The molecule has 0 aliphatic carbocycles. The minimum atomic E-state index is -0.0871. The second kappa shape index (κ2) is 8.16. The maximum atomic E-state index is 13.1. The highest BCUT2D eigenvalue weighted by molar-refractivity contribution is 5.95. The van der Waals surface area contributed by atoms with Gasteiger partial charge in [-0.2, -0.15) is 5.10 Å². The zero-order valence-electron chi connectivity index (χ0n) is 14.7. The summed E-state index contributed by atoms with van der Waals surface area (Å²) < 4.78 is 7.52. The number of para-hydroxylation sites is 1. The zero-order valence-corrected chi connectivity index (χ0v) is 14.7. The van der Waals surface area contributed by atoms with Crippen LogP contribution >= 0.6 is 0 Å². The Morgan fingerprint density at radius 1 is 1.32 bits per heavy atom. The number of nitrogens with zero attached hydrogens (tertiary/aromatic N) is 3. The summed E-state index contributed by atoms with van der Waals surface area (Å²) in [4.78, 5) is 15.0. The average molecular weight is 342 g/mol. The maximum Gasteiger partial charge on any atom is 0.278 e. The van der Waals surface area contributed by atoms with E-state index in [1.807, 2.05) is 42.2 Å². The minimum Gasteiger partial charge on any atom is -0.489 e. The largest absolute Gasteiger partial charge is 0.489 e. The molecule has 2 N–H and O–H groups in total. The molecule has 1 aromatic carbocycles. The molecule has 1 atom stereocenters. The molecule has 6 nitrogen and oxygen atoms in total. The van der Waals surface area contributed by atoms with Gasteiger partial charge in [-0.15, -0.1) is 0 Å². The fourth-order valence-corrected chi connectivity index (χ4v) is 3.19. The van der Waals surface area contributed by atoms with Crippen LogP contribution in [0.25, 0.3) is 5.69 Å². The zero-order chi connectivity index (χ0) is 17.6. The smallest absolute Gasteiger partial charge is 0.278 e. The van der Waals surface area contributed by atoms with Crippen molar-refractivity contribution >= 4 is 5.91 Å². The molecule has 25 heavy (non-hydrogen) atoms. The third-order valence-electron chi connectivity index (χ3n) is 4.53. The lowest BCUT2D eigenvalue weighted by atomic mass is 10.0. The summed E-state index contributed by atoms with van der Waals surface area (Å²) in [7, 11) is 0. The van der Waals surface area contributed by atoms with Crippen LogP contribution < -0.4 is 10.5 Å². The molecule has 0 spiro atoms. The second-order valence-corrected chi connectivity index (χ2v) is 6.35. The van der Waals surface area contributed by atoms with Crippen molar-refractivity contribution in [1.82, 2.24) is 14.7 Å². The van der Waals surface area contributed by atoms with Crippen molar-refractivity contribution in [2.75, 3.05) is 19.7 Å². The van der Waals surface area contributed by atoms with Crippen LogP contribution in [0.5, 0.6) is 5.75 Å². The highest BCUT2D eigenvalue weighted by Crippen LogP contribution is 2.25. The summed E-state index contributed by atoms with van der Waals surface area (Å²) in [5.41, 5.74) is 7.15. The summed E-state index contributed by atoms with van der Waals surface area (Å²) in [6.45, 7) is 3.81. The third kappa shape index (κ3) is 3.85. The van der Waals surface area contributed by atoms with Crippen LogP contribution in [0.15, 0.2) is 36.5 Å². The molecule has 1 aromatic heterocycles. The molecular weight excluding hydrogens is 316 g/mol. The van der Waals surface area contributed by atoms with Gasteiger partial charge >= 0.3 is 0 Å². The number of amides is 1. The number of aromatic nitrogens is 2. The molecule has 1 fully saturated rings. The quantitative estimate of drug-likeness (QED) is 0.876. The van der Waals surface area contributed by atoms with Gasteiger partial charge < -0.3 is 15.4 Å². The number of nitrogens with two attached hydrogens (primary N) is 1. The van der Waals surface area contributed by atoms with Gasteiger partial charge in [-0.05, 0) is 37.8 Å². The first-order valence-corrected chi connectivity index (χ1v) is 9.03. The average Bonchev–Trinajstić information content (AvgIpc) is 3.10. The predicted molar refractivity (Wildman–Crippen MR) is 97.1 cm³/mol. The molecule has 1 aliphatic heterocycles. The van der Waals surface area contributed by atoms with Gasteiger partial charge in [0.25, 0.3) is 5.91 Å². The van der Waals surface area contributed by atoms with Gasteiger partial charge in [-0.3, -0.25) is 4.79 Å². The van der Waals surface area contributed by atoms with Gasteiger partial charge in [0.1, 0.15) is 0 Å². The number of benzene rings is 1. The topological polar surface area (TPSA) is 73.4 Å². The Hall–Kier alpha value is -2.34. The SMILES string of the molecule is CCCOc1cn(-c2ccccc2)nc1C(=O)N1CCCCC1CN. The summed E-state index contributed by atoms with van der Waals surface area (Å²) >= 11 is 0. The molecule has 0 radical (unpaired) electrons. The van der Waals surface area contributed by atoms with Crippen LogP contribution in [-0.4, -0.2) is 46.3 Å². The molecule has 3 rings (SSSR count). The highest BCUT2D eigenvalue weighted by Gasteiger charge is 2.30. The van der Waals surface area contributed by atoms with Crippen molar-refractivity contribution in [3.63, 3.8) is 0 Å². The van der Waals surface area contributed by atoms with E-state index in [9.17, 15) is 4.79 Å². The first kappa shape index (κ1) is 17.5. The summed E-state index contributed by atoms with van der Waals surface area (Å²) in [5.74, 6) is 0.452. The van der Waals surface area contributed by atoms with Gasteiger partial charge in [0, 0.05) is 19.1 Å². The van der Waals surface area contributed by atoms with Gasteiger partial charge in [0.15, 0.2) is 11.4 Å². The Bertz CT molecular complexity index is 699. The Balaban J connectivity index is 1.92. The van der Waals surface area contributed by atoms with Gasteiger partial charge in [0.05, 0.1) is 18.5 Å². The first-order valence-electron chi connectivity index (χ1n) is 9.03. The summed E-state index contributed by atoms with van der Waals surface area (Å²) in [5, 5.41) is 4.54. The number of ether oxygens (including phenoxy) is 1. The van der Waals surface area contributed by atoms with Crippen molar-refractivity contribution in [3.8, 4) is 11.4 Å². The Morgan fingerprint density at radius 3 is 2.84 bits per heavy atom. The fraction of sp³-hybridized carbons (Fsp3) is 0.474. The lowest BCUT2D eigenvalue weighted by Crippen LogP contribution is -2.47. The Morgan fingerprint density at radius 2 is 2.12 bits per heavy atom. The van der Waals surface area contributed by atoms with Crippen LogP contribution in [0.3, 0.4) is 0 Å². The number of carbonyl (C=O) groups excluding carboxylic acids is 1. The van der Waals surface area contributed by atoms with E-state index in [1.54, 1.807) is 10.9 Å². The van der Waals surface area contributed by atoms with E-state index in [1.165, 1.54) is 0 Å². The molecule has 6 heteroatoms. The van der Waals surface area contributed by atoms with Crippen molar-refractivity contribution in [3.05, 3.63) is 42.2 Å². The van der Waals surface area contributed by atoms with E-state index in [0.717, 1.165) is 37.9 Å². The van der Waals surface area contributed by atoms with Crippen molar-refractivity contribution in [1.29, 1.82) is 0 Å². The Labute approximate surface area is 148 Å². The molecule has 0 saturated carbocycles. The molecule has 1 amide bonds. The van der Waals surface area contributed by atoms with Crippen molar-refractivity contribution < 1.29 is 9.53 Å². The number of carbonyl (C=O) groups is 1. The molecule has 2 heterocycles. The molecule has 0 bridgehead atoms. The Kier molecular flexibility index (Phi) is 5.71.